The molecule has 0 saturated carbocycles. The lowest BCUT2D eigenvalue weighted by molar-refractivity contribution is 0.632. The smallest absolute Gasteiger partial charge is 0.0445 e. The van der Waals surface area contributed by atoms with Gasteiger partial charge in [0.15, 0.2) is 0 Å². The van der Waals surface area contributed by atoms with Crippen LogP contribution in [-0.2, 0) is 0 Å². The summed E-state index contributed by atoms with van der Waals surface area (Å²) in [5.41, 5.74) is 2.77. The van der Waals surface area contributed by atoms with E-state index in [1.807, 2.05) is 0 Å². The van der Waals surface area contributed by atoms with Crippen molar-refractivity contribution in [1.29, 1.82) is 0 Å². The van der Waals surface area contributed by atoms with Gasteiger partial charge in [0, 0.05) is 18.9 Å². The predicted octanol–water partition coefficient (Wildman–Crippen LogP) is 1.36. The summed E-state index contributed by atoms with van der Waals surface area (Å²) in [6, 6.07) is 8.59. The van der Waals surface area contributed by atoms with Crippen molar-refractivity contribution in [2.75, 3.05) is 7.05 Å². The Morgan fingerprint density at radius 3 is 3.00 bits per heavy atom. The SMILES string of the molecule is CN1C=c2ccccc2=C2CC=CC=C21. The highest BCUT2D eigenvalue weighted by Crippen LogP contribution is 2.23. The minimum atomic E-state index is 1.04. The van der Waals surface area contributed by atoms with E-state index in [4.69, 9.17) is 0 Å². The van der Waals surface area contributed by atoms with Gasteiger partial charge in [-0.1, -0.05) is 36.4 Å². The summed E-state index contributed by atoms with van der Waals surface area (Å²) >= 11 is 0. The molecule has 0 spiro atoms. The Balaban J connectivity index is 2.42. The first kappa shape index (κ1) is 8.54. The fourth-order valence-corrected chi connectivity index (χ4v) is 2.29. The quantitative estimate of drug-likeness (QED) is 0.604. The standard InChI is InChI=1S/C14H13N/c1-15-10-11-6-2-3-7-12(11)13-8-4-5-9-14(13)15/h2-7,9-10H,8H2,1H3. The summed E-state index contributed by atoms with van der Waals surface area (Å²) < 4.78 is 0. The van der Waals surface area contributed by atoms with Crippen molar-refractivity contribution in [3.05, 3.63) is 58.6 Å². The Morgan fingerprint density at radius 1 is 1.20 bits per heavy atom. The van der Waals surface area contributed by atoms with E-state index in [2.05, 4.69) is 60.6 Å². The first-order valence-electron chi connectivity index (χ1n) is 5.26. The van der Waals surface area contributed by atoms with Gasteiger partial charge in [0.2, 0.25) is 0 Å². The first-order valence-corrected chi connectivity index (χ1v) is 5.26. The maximum Gasteiger partial charge on any atom is 0.0445 e. The lowest BCUT2D eigenvalue weighted by atomic mass is 9.97. The first-order chi connectivity index (χ1) is 7.36. The molecular formula is C14H13N. The molecule has 0 unspecified atom stereocenters. The summed E-state index contributed by atoms with van der Waals surface area (Å²) in [6.07, 6.45) is 9.78. The van der Waals surface area contributed by atoms with Gasteiger partial charge in [0.25, 0.3) is 0 Å². The number of fused-ring (bicyclic) bond motifs is 2. The van der Waals surface area contributed by atoms with Crippen LogP contribution < -0.4 is 10.4 Å². The maximum atomic E-state index is 2.22. The van der Waals surface area contributed by atoms with E-state index in [-0.39, 0.29) is 0 Å². The van der Waals surface area contributed by atoms with E-state index in [0.29, 0.717) is 0 Å². The molecule has 0 aromatic heterocycles. The zero-order valence-corrected chi connectivity index (χ0v) is 8.77. The van der Waals surface area contributed by atoms with Gasteiger partial charge >= 0.3 is 0 Å². The minimum Gasteiger partial charge on any atom is -0.350 e. The van der Waals surface area contributed by atoms with Crippen molar-refractivity contribution in [3.8, 4) is 0 Å². The van der Waals surface area contributed by atoms with Crippen LogP contribution in [0.4, 0.5) is 0 Å². The Morgan fingerprint density at radius 2 is 2.07 bits per heavy atom. The molecule has 2 aliphatic rings. The fraction of sp³-hybridized carbons (Fsp3) is 0.143. The second kappa shape index (κ2) is 3.13. The Hall–Kier alpha value is -1.76. The van der Waals surface area contributed by atoms with Crippen LogP contribution in [0.25, 0.3) is 11.8 Å². The van der Waals surface area contributed by atoms with Crippen molar-refractivity contribution < 1.29 is 0 Å². The molecule has 0 N–H and O–H groups in total. The van der Waals surface area contributed by atoms with Crippen molar-refractivity contribution in [3.63, 3.8) is 0 Å². The van der Waals surface area contributed by atoms with E-state index in [9.17, 15) is 0 Å². The summed E-state index contributed by atoms with van der Waals surface area (Å²) in [6.45, 7) is 0. The van der Waals surface area contributed by atoms with E-state index < -0.39 is 0 Å². The Kier molecular flexibility index (Phi) is 1.78. The topological polar surface area (TPSA) is 3.24 Å². The van der Waals surface area contributed by atoms with Gasteiger partial charge < -0.3 is 4.90 Å². The second-order valence-electron chi connectivity index (χ2n) is 3.99. The van der Waals surface area contributed by atoms with E-state index in [0.717, 1.165) is 6.42 Å². The van der Waals surface area contributed by atoms with Crippen LogP contribution in [0.5, 0.6) is 0 Å². The van der Waals surface area contributed by atoms with Crippen LogP contribution in [0.2, 0.25) is 0 Å². The molecule has 1 heteroatoms. The lowest BCUT2D eigenvalue weighted by Gasteiger charge is -2.26. The Labute approximate surface area is 89.3 Å². The minimum absolute atomic E-state index is 1.04. The zero-order valence-electron chi connectivity index (χ0n) is 8.77. The molecule has 15 heavy (non-hydrogen) atoms. The van der Waals surface area contributed by atoms with Crippen LogP contribution in [0.1, 0.15) is 6.42 Å². The summed E-state index contributed by atoms with van der Waals surface area (Å²) in [5.74, 6) is 0. The molecule has 0 fully saturated rings. The van der Waals surface area contributed by atoms with Crippen LogP contribution in [0, 0.1) is 0 Å². The molecule has 74 valence electrons. The molecule has 1 heterocycles. The number of allylic oxidation sites excluding steroid dienone is 4. The Bertz CT molecular complexity index is 576. The molecular weight excluding hydrogens is 182 g/mol. The molecule has 1 aromatic rings. The highest BCUT2D eigenvalue weighted by molar-refractivity contribution is 5.70. The molecule has 0 saturated heterocycles. The largest absolute Gasteiger partial charge is 0.350 e. The third-order valence-corrected chi connectivity index (χ3v) is 3.02. The van der Waals surface area contributed by atoms with Gasteiger partial charge in [-0.3, -0.25) is 0 Å². The molecule has 0 bridgehead atoms. The molecule has 0 radical (unpaired) electrons. The van der Waals surface area contributed by atoms with Gasteiger partial charge in [-0.15, -0.1) is 0 Å². The third kappa shape index (κ3) is 1.23. The average Bonchev–Trinajstić information content (AvgIpc) is 2.30. The van der Waals surface area contributed by atoms with E-state index >= 15 is 0 Å². The third-order valence-electron chi connectivity index (χ3n) is 3.02. The van der Waals surface area contributed by atoms with Crippen molar-refractivity contribution >= 4 is 11.8 Å². The van der Waals surface area contributed by atoms with E-state index in [1.54, 1.807) is 0 Å². The zero-order chi connectivity index (χ0) is 10.3. The molecule has 1 aromatic carbocycles. The normalized spacial score (nSPS) is 17.8. The number of hydrogen-bond donors (Lipinski definition) is 0. The predicted molar refractivity (Wildman–Crippen MR) is 63.2 cm³/mol. The van der Waals surface area contributed by atoms with Gasteiger partial charge in [-0.05, 0) is 28.5 Å². The van der Waals surface area contributed by atoms with Crippen LogP contribution in [0.3, 0.4) is 0 Å². The molecule has 1 aliphatic heterocycles. The van der Waals surface area contributed by atoms with Crippen molar-refractivity contribution in [2.24, 2.45) is 0 Å². The number of hydrogen-bond acceptors (Lipinski definition) is 1. The molecule has 1 nitrogen and oxygen atoms in total. The molecule has 1 aliphatic carbocycles. The molecule has 0 atom stereocenters. The average molecular weight is 195 g/mol. The second-order valence-corrected chi connectivity index (χ2v) is 3.99. The van der Waals surface area contributed by atoms with Crippen LogP contribution in [0.15, 0.2) is 48.2 Å². The van der Waals surface area contributed by atoms with Gasteiger partial charge in [-0.2, -0.15) is 0 Å². The number of rotatable bonds is 0. The fourth-order valence-electron chi connectivity index (χ4n) is 2.29. The highest BCUT2D eigenvalue weighted by Gasteiger charge is 2.14. The van der Waals surface area contributed by atoms with Crippen LogP contribution >= 0.6 is 0 Å². The maximum absolute atomic E-state index is 2.22. The number of nitrogens with zero attached hydrogens (tertiary/aromatic N) is 1. The summed E-state index contributed by atoms with van der Waals surface area (Å²) in [5, 5.41) is 2.70. The van der Waals surface area contributed by atoms with Crippen molar-refractivity contribution in [2.45, 2.75) is 6.42 Å². The summed E-state index contributed by atoms with van der Waals surface area (Å²) in [7, 11) is 2.11. The molecule has 0 amide bonds. The van der Waals surface area contributed by atoms with Gasteiger partial charge in [0.05, 0.1) is 0 Å². The highest BCUT2D eigenvalue weighted by atomic mass is 15.1. The summed E-state index contributed by atoms with van der Waals surface area (Å²) in [4.78, 5) is 2.21. The molecule has 3 rings (SSSR count). The van der Waals surface area contributed by atoms with Crippen molar-refractivity contribution in [1.82, 2.24) is 4.90 Å². The van der Waals surface area contributed by atoms with Gasteiger partial charge in [-0.25, -0.2) is 0 Å². The monoisotopic (exact) mass is 195 g/mol. The van der Waals surface area contributed by atoms with Crippen LogP contribution in [-0.4, -0.2) is 11.9 Å². The van der Waals surface area contributed by atoms with Gasteiger partial charge in [0.1, 0.15) is 0 Å². The number of benzene rings is 1. The van der Waals surface area contributed by atoms with E-state index in [1.165, 1.54) is 21.7 Å². The lowest BCUT2D eigenvalue weighted by Crippen LogP contribution is -2.36.